The molecule has 114 valence electrons. The lowest BCUT2D eigenvalue weighted by Gasteiger charge is -2.02. The molecule has 0 spiro atoms. The monoisotopic (exact) mass is 353 g/mol. The summed E-state index contributed by atoms with van der Waals surface area (Å²) in [6.45, 7) is 0.268. The topological polar surface area (TPSA) is 91.9 Å². The molecular formula is C13H11N3O3S3. The lowest BCUT2D eigenvalue weighted by atomic mass is 10.3. The molecule has 3 aromatic heterocycles. The Hall–Kier alpha value is -1.81. The van der Waals surface area contributed by atoms with Gasteiger partial charge in [-0.05, 0) is 29.6 Å². The van der Waals surface area contributed by atoms with Gasteiger partial charge in [0.15, 0.2) is 0 Å². The molecule has 0 aliphatic heterocycles. The third-order valence-corrected chi connectivity index (χ3v) is 6.67. The number of hydrogen-bond donors (Lipinski definition) is 2. The number of aromatic nitrogens is 2. The SMILES string of the molecule is O=c1ccc(-c2ccc(S(=O)(=O)NCc3cccs3)s2)n[nH]1. The van der Waals surface area contributed by atoms with Crippen LogP contribution < -0.4 is 10.3 Å². The van der Waals surface area contributed by atoms with Crippen molar-refractivity contribution in [3.8, 4) is 10.6 Å². The van der Waals surface area contributed by atoms with Crippen molar-refractivity contribution in [1.29, 1.82) is 0 Å². The minimum absolute atomic E-state index is 0.215. The number of nitrogens with zero attached hydrogens (tertiary/aromatic N) is 1. The zero-order chi connectivity index (χ0) is 15.6. The molecule has 22 heavy (non-hydrogen) atoms. The van der Waals surface area contributed by atoms with Crippen molar-refractivity contribution >= 4 is 32.7 Å². The van der Waals surface area contributed by atoms with Crippen molar-refractivity contribution in [2.45, 2.75) is 10.8 Å². The summed E-state index contributed by atoms with van der Waals surface area (Å²) >= 11 is 2.60. The van der Waals surface area contributed by atoms with Crippen LogP contribution in [0.1, 0.15) is 4.88 Å². The molecule has 0 atom stereocenters. The van der Waals surface area contributed by atoms with Gasteiger partial charge in [-0.1, -0.05) is 6.07 Å². The third kappa shape index (κ3) is 3.33. The van der Waals surface area contributed by atoms with Gasteiger partial charge in [0.25, 0.3) is 5.56 Å². The first kappa shape index (κ1) is 15.1. The molecule has 0 radical (unpaired) electrons. The normalized spacial score (nSPS) is 11.6. The first-order valence-electron chi connectivity index (χ1n) is 6.22. The third-order valence-electron chi connectivity index (χ3n) is 2.79. The molecule has 0 fully saturated rings. The summed E-state index contributed by atoms with van der Waals surface area (Å²) in [5, 5.41) is 8.11. The van der Waals surface area contributed by atoms with Gasteiger partial charge in [-0.2, -0.15) is 5.10 Å². The highest BCUT2D eigenvalue weighted by molar-refractivity contribution is 7.91. The van der Waals surface area contributed by atoms with E-state index in [9.17, 15) is 13.2 Å². The zero-order valence-corrected chi connectivity index (χ0v) is 13.6. The highest BCUT2D eigenvalue weighted by Crippen LogP contribution is 2.28. The summed E-state index contributed by atoms with van der Waals surface area (Å²) in [4.78, 5) is 12.6. The van der Waals surface area contributed by atoms with Crippen LogP contribution in [0.15, 0.2) is 50.8 Å². The molecule has 0 saturated carbocycles. The molecule has 2 N–H and O–H groups in total. The van der Waals surface area contributed by atoms with Crippen LogP contribution in [0, 0.1) is 0 Å². The van der Waals surface area contributed by atoms with Crippen molar-refractivity contribution in [3.63, 3.8) is 0 Å². The second-order valence-corrected chi connectivity index (χ2v) is 8.44. The van der Waals surface area contributed by atoms with Crippen molar-refractivity contribution < 1.29 is 8.42 Å². The van der Waals surface area contributed by atoms with Crippen LogP contribution in [-0.4, -0.2) is 18.6 Å². The van der Waals surface area contributed by atoms with Crippen LogP contribution in [0.2, 0.25) is 0 Å². The van der Waals surface area contributed by atoms with E-state index in [1.165, 1.54) is 23.5 Å². The quantitative estimate of drug-likeness (QED) is 0.734. The van der Waals surface area contributed by atoms with Crippen LogP contribution >= 0.6 is 22.7 Å². The minimum Gasteiger partial charge on any atom is -0.268 e. The maximum atomic E-state index is 12.3. The van der Waals surface area contributed by atoms with Crippen LogP contribution in [0.3, 0.4) is 0 Å². The Balaban J connectivity index is 1.80. The van der Waals surface area contributed by atoms with E-state index in [1.54, 1.807) is 12.1 Å². The molecular weight excluding hydrogens is 342 g/mol. The van der Waals surface area contributed by atoms with E-state index in [0.29, 0.717) is 10.6 Å². The van der Waals surface area contributed by atoms with Crippen molar-refractivity contribution in [2.75, 3.05) is 0 Å². The average Bonchev–Trinajstić information content (AvgIpc) is 3.18. The lowest BCUT2D eigenvalue weighted by Crippen LogP contribution is -2.21. The van der Waals surface area contributed by atoms with Gasteiger partial charge in [-0.25, -0.2) is 18.2 Å². The number of hydrogen-bond acceptors (Lipinski definition) is 6. The Labute approximate surface area is 134 Å². The van der Waals surface area contributed by atoms with E-state index in [2.05, 4.69) is 14.9 Å². The second-order valence-electron chi connectivity index (χ2n) is 4.33. The first-order chi connectivity index (χ1) is 10.5. The smallest absolute Gasteiger partial charge is 0.264 e. The predicted molar refractivity (Wildman–Crippen MR) is 86.5 cm³/mol. The van der Waals surface area contributed by atoms with Gasteiger partial charge in [-0.3, -0.25) is 4.79 Å². The molecule has 3 aromatic rings. The Morgan fingerprint density at radius 2 is 2.05 bits per heavy atom. The standard InChI is InChI=1S/C13H11N3O3S3/c17-12-5-3-10(15-16-12)11-4-6-13(21-11)22(18,19)14-8-9-2-1-7-20-9/h1-7,14H,8H2,(H,16,17). The Morgan fingerprint density at radius 3 is 2.73 bits per heavy atom. The fourth-order valence-corrected chi connectivity index (χ4v) is 4.80. The van der Waals surface area contributed by atoms with Crippen LogP contribution in [0.25, 0.3) is 10.6 Å². The molecule has 0 saturated heterocycles. The second kappa shape index (κ2) is 6.13. The zero-order valence-electron chi connectivity index (χ0n) is 11.1. The van der Waals surface area contributed by atoms with Gasteiger partial charge < -0.3 is 0 Å². The Morgan fingerprint density at radius 1 is 1.18 bits per heavy atom. The number of thiophene rings is 2. The fourth-order valence-electron chi connectivity index (χ4n) is 1.73. The van der Waals surface area contributed by atoms with Gasteiger partial charge in [-0.15, -0.1) is 22.7 Å². The molecule has 0 aromatic carbocycles. The van der Waals surface area contributed by atoms with Crippen LogP contribution in [0.5, 0.6) is 0 Å². The maximum Gasteiger partial charge on any atom is 0.264 e. The number of nitrogens with one attached hydrogen (secondary N) is 2. The predicted octanol–water partition coefficient (Wildman–Crippen LogP) is 2.04. The number of rotatable bonds is 5. The molecule has 9 heteroatoms. The van der Waals surface area contributed by atoms with E-state index in [1.807, 2.05) is 17.5 Å². The molecule has 0 amide bonds. The lowest BCUT2D eigenvalue weighted by molar-refractivity contribution is 0.584. The highest BCUT2D eigenvalue weighted by atomic mass is 32.2. The van der Waals surface area contributed by atoms with Crippen molar-refractivity contribution in [1.82, 2.24) is 14.9 Å². The molecule has 3 heterocycles. The molecule has 0 aliphatic rings. The highest BCUT2D eigenvalue weighted by Gasteiger charge is 2.17. The summed E-state index contributed by atoms with van der Waals surface area (Å²) in [6.07, 6.45) is 0. The Bertz CT molecular complexity index is 906. The van der Waals surface area contributed by atoms with E-state index in [-0.39, 0.29) is 16.3 Å². The van der Waals surface area contributed by atoms with Gasteiger partial charge in [0.2, 0.25) is 10.0 Å². The van der Waals surface area contributed by atoms with Gasteiger partial charge in [0, 0.05) is 17.5 Å². The molecule has 6 nitrogen and oxygen atoms in total. The van der Waals surface area contributed by atoms with E-state index in [0.717, 1.165) is 16.2 Å². The summed E-state index contributed by atoms with van der Waals surface area (Å²) in [5.74, 6) is 0. The Kier molecular flexibility index (Phi) is 4.21. The summed E-state index contributed by atoms with van der Waals surface area (Å²) < 4.78 is 27.3. The van der Waals surface area contributed by atoms with Crippen molar-refractivity contribution in [2.24, 2.45) is 0 Å². The number of sulfonamides is 1. The van der Waals surface area contributed by atoms with Crippen LogP contribution in [0.4, 0.5) is 0 Å². The first-order valence-corrected chi connectivity index (χ1v) is 9.40. The van der Waals surface area contributed by atoms with E-state index >= 15 is 0 Å². The largest absolute Gasteiger partial charge is 0.268 e. The summed E-state index contributed by atoms with van der Waals surface area (Å²) in [5.41, 5.74) is 0.232. The number of aromatic amines is 1. The minimum atomic E-state index is -3.56. The fraction of sp³-hybridized carbons (Fsp3) is 0.0769. The average molecular weight is 353 g/mol. The van der Waals surface area contributed by atoms with Crippen LogP contribution in [-0.2, 0) is 16.6 Å². The van der Waals surface area contributed by atoms with Gasteiger partial charge >= 0.3 is 0 Å². The van der Waals surface area contributed by atoms with E-state index in [4.69, 9.17) is 0 Å². The molecule has 0 bridgehead atoms. The van der Waals surface area contributed by atoms with E-state index < -0.39 is 10.0 Å². The van der Waals surface area contributed by atoms with Gasteiger partial charge in [0.1, 0.15) is 9.90 Å². The summed E-state index contributed by atoms with van der Waals surface area (Å²) in [6, 6.07) is 9.86. The summed E-state index contributed by atoms with van der Waals surface area (Å²) in [7, 11) is -3.56. The number of H-pyrrole nitrogens is 1. The molecule has 0 aliphatic carbocycles. The van der Waals surface area contributed by atoms with Gasteiger partial charge in [0.05, 0.1) is 4.88 Å². The molecule has 0 unspecified atom stereocenters. The maximum absolute atomic E-state index is 12.3. The van der Waals surface area contributed by atoms with Crippen molar-refractivity contribution in [3.05, 3.63) is 57.0 Å². The molecule has 3 rings (SSSR count).